The lowest BCUT2D eigenvalue weighted by molar-refractivity contribution is 0.0163. The molecule has 0 saturated carbocycles. The lowest BCUT2D eigenvalue weighted by atomic mass is 9.93. The number of hydrogen-bond acceptors (Lipinski definition) is 3. The van der Waals surface area contributed by atoms with E-state index in [4.69, 9.17) is 10.8 Å². The van der Waals surface area contributed by atoms with Gasteiger partial charge in [0.25, 0.3) is 0 Å². The summed E-state index contributed by atoms with van der Waals surface area (Å²) in [4.78, 5) is 0. The van der Waals surface area contributed by atoms with Crippen molar-refractivity contribution >= 4 is 0 Å². The van der Waals surface area contributed by atoms with E-state index < -0.39 is 12.2 Å². The first kappa shape index (κ1) is 8.71. The van der Waals surface area contributed by atoms with E-state index in [1.54, 1.807) is 0 Å². The number of rotatable bonds is 2. The third-order valence-electron chi connectivity index (χ3n) is 2.03. The Morgan fingerprint density at radius 1 is 1.45 bits per heavy atom. The SMILES string of the molecule is NCCC1=CCC(O)C(O)C1. The molecule has 2 unspecified atom stereocenters. The minimum atomic E-state index is -0.582. The van der Waals surface area contributed by atoms with Gasteiger partial charge in [-0.3, -0.25) is 0 Å². The van der Waals surface area contributed by atoms with Crippen molar-refractivity contribution in [1.82, 2.24) is 0 Å². The van der Waals surface area contributed by atoms with E-state index in [1.165, 1.54) is 5.57 Å². The van der Waals surface area contributed by atoms with Crippen LogP contribution in [0.5, 0.6) is 0 Å². The lowest BCUT2D eigenvalue weighted by Crippen LogP contribution is -2.29. The largest absolute Gasteiger partial charge is 0.390 e. The Labute approximate surface area is 66.5 Å². The minimum Gasteiger partial charge on any atom is -0.390 e. The quantitative estimate of drug-likeness (QED) is 0.485. The number of nitrogens with two attached hydrogens (primary N) is 1. The Balaban J connectivity index is 2.45. The Morgan fingerprint density at radius 2 is 2.18 bits per heavy atom. The van der Waals surface area contributed by atoms with Crippen molar-refractivity contribution in [2.75, 3.05) is 6.54 Å². The fourth-order valence-corrected chi connectivity index (χ4v) is 1.32. The molecule has 0 bridgehead atoms. The summed E-state index contributed by atoms with van der Waals surface area (Å²) in [6.45, 7) is 0.620. The molecule has 0 radical (unpaired) electrons. The second-order valence-electron chi connectivity index (χ2n) is 2.98. The molecule has 0 aromatic heterocycles. The first-order valence-corrected chi connectivity index (χ1v) is 3.98. The molecule has 0 fully saturated rings. The molecule has 0 spiro atoms. The van der Waals surface area contributed by atoms with Gasteiger partial charge in [-0.2, -0.15) is 0 Å². The predicted molar refractivity (Wildman–Crippen MR) is 43.0 cm³/mol. The van der Waals surface area contributed by atoms with Gasteiger partial charge < -0.3 is 15.9 Å². The molecule has 3 nitrogen and oxygen atoms in total. The van der Waals surface area contributed by atoms with E-state index in [1.807, 2.05) is 6.08 Å². The standard InChI is InChI=1S/C8H15NO2/c9-4-3-6-1-2-7(10)8(11)5-6/h1,7-8,10-11H,2-5,9H2. The molecule has 0 aromatic carbocycles. The summed E-state index contributed by atoms with van der Waals surface area (Å²) in [5.41, 5.74) is 6.53. The highest BCUT2D eigenvalue weighted by Crippen LogP contribution is 2.20. The minimum absolute atomic E-state index is 0.566. The fourth-order valence-electron chi connectivity index (χ4n) is 1.32. The van der Waals surface area contributed by atoms with Gasteiger partial charge in [0.2, 0.25) is 0 Å². The van der Waals surface area contributed by atoms with Gasteiger partial charge in [-0.15, -0.1) is 0 Å². The monoisotopic (exact) mass is 157 g/mol. The smallest absolute Gasteiger partial charge is 0.0839 e. The van der Waals surface area contributed by atoms with E-state index in [2.05, 4.69) is 0 Å². The van der Waals surface area contributed by atoms with Crippen molar-refractivity contribution in [1.29, 1.82) is 0 Å². The molecule has 0 aliphatic heterocycles. The highest BCUT2D eigenvalue weighted by molar-refractivity contribution is 5.09. The first-order valence-electron chi connectivity index (χ1n) is 3.98. The molecule has 3 heteroatoms. The molecule has 0 heterocycles. The average Bonchev–Trinajstić information content (AvgIpc) is 1.98. The summed E-state index contributed by atoms with van der Waals surface area (Å²) in [6, 6.07) is 0. The van der Waals surface area contributed by atoms with Crippen LogP contribution in [-0.2, 0) is 0 Å². The molecule has 64 valence electrons. The molecular weight excluding hydrogens is 142 g/mol. The first-order chi connectivity index (χ1) is 5.24. The molecule has 1 aliphatic carbocycles. The molecule has 1 rings (SSSR count). The third kappa shape index (κ3) is 2.29. The van der Waals surface area contributed by atoms with E-state index in [9.17, 15) is 5.11 Å². The molecule has 0 saturated heterocycles. The lowest BCUT2D eigenvalue weighted by Gasteiger charge is -2.23. The Kier molecular flexibility index (Phi) is 3.05. The fraction of sp³-hybridized carbons (Fsp3) is 0.750. The zero-order valence-corrected chi connectivity index (χ0v) is 6.53. The van der Waals surface area contributed by atoms with Crippen LogP contribution < -0.4 is 5.73 Å². The summed E-state index contributed by atoms with van der Waals surface area (Å²) in [5.74, 6) is 0. The zero-order chi connectivity index (χ0) is 8.27. The number of hydrogen-bond donors (Lipinski definition) is 3. The van der Waals surface area contributed by atoms with Crippen LogP contribution in [0.3, 0.4) is 0 Å². The van der Waals surface area contributed by atoms with Gasteiger partial charge in [-0.25, -0.2) is 0 Å². The predicted octanol–water partition coefficient (Wildman–Crippen LogP) is -0.223. The maximum Gasteiger partial charge on any atom is 0.0839 e. The molecule has 0 aromatic rings. The van der Waals surface area contributed by atoms with E-state index >= 15 is 0 Å². The summed E-state index contributed by atoms with van der Waals surface area (Å²) in [6.07, 6.45) is 2.81. The van der Waals surface area contributed by atoms with Crippen LogP contribution in [0.15, 0.2) is 11.6 Å². The van der Waals surface area contributed by atoms with Crippen LogP contribution in [-0.4, -0.2) is 29.0 Å². The maximum atomic E-state index is 9.24. The summed E-state index contributed by atoms with van der Waals surface area (Å²) >= 11 is 0. The van der Waals surface area contributed by atoms with Crippen molar-refractivity contribution in [2.24, 2.45) is 5.73 Å². The molecule has 0 amide bonds. The number of aliphatic hydroxyl groups is 2. The number of aliphatic hydroxyl groups excluding tert-OH is 2. The van der Waals surface area contributed by atoms with Crippen LogP contribution in [0, 0.1) is 0 Å². The van der Waals surface area contributed by atoms with Gasteiger partial charge in [-0.05, 0) is 25.8 Å². The van der Waals surface area contributed by atoms with Crippen LogP contribution in [0.4, 0.5) is 0 Å². The molecule has 1 aliphatic rings. The van der Waals surface area contributed by atoms with Crippen LogP contribution in [0.1, 0.15) is 19.3 Å². The second-order valence-corrected chi connectivity index (χ2v) is 2.98. The highest BCUT2D eigenvalue weighted by Gasteiger charge is 2.20. The molecule has 4 N–H and O–H groups in total. The van der Waals surface area contributed by atoms with E-state index in [-0.39, 0.29) is 0 Å². The van der Waals surface area contributed by atoms with Crippen molar-refractivity contribution in [3.8, 4) is 0 Å². The molecule has 11 heavy (non-hydrogen) atoms. The normalized spacial score (nSPS) is 31.7. The topological polar surface area (TPSA) is 66.5 Å². The van der Waals surface area contributed by atoms with Crippen LogP contribution in [0.2, 0.25) is 0 Å². The van der Waals surface area contributed by atoms with Crippen molar-refractivity contribution in [3.63, 3.8) is 0 Å². The van der Waals surface area contributed by atoms with Gasteiger partial charge in [0.05, 0.1) is 12.2 Å². The van der Waals surface area contributed by atoms with Gasteiger partial charge >= 0.3 is 0 Å². The second kappa shape index (κ2) is 3.85. The van der Waals surface area contributed by atoms with Gasteiger partial charge in [0.15, 0.2) is 0 Å². The van der Waals surface area contributed by atoms with Gasteiger partial charge in [0, 0.05) is 0 Å². The van der Waals surface area contributed by atoms with Gasteiger partial charge in [0.1, 0.15) is 0 Å². The van der Waals surface area contributed by atoms with Gasteiger partial charge in [-0.1, -0.05) is 11.6 Å². The third-order valence-corrected chi connectivity index (χ3v) is 2.03. The van der Waals surface area contributed by atoms with Crippen LogP contribution >= 0.6 is 0 Å². The Morgan fingerprint density at radius 3 is 2.73 bits per heavy atom. The molecule has 2 atom stereocenters. The summed E-state index contributed by atoms with van der Waals surface area (Å²) in [5, 5.41) is 18.4. The van der Waals surface area contributed by atoms with Crippen molar-refractivity contribution in [2.45, 2.75) is 31.5 Å². The van der Waals surface area contributed by atoms with Crippen molar-refractivity contribution in [3.05, 3.63) is 11.6 Å². The van der Waals surface area contributed by atoms with E-state index in [0.717, 1.165) is 6.42 Å². The van der Waals surface area contributed by atoms with E-state index in [0.29, 0.717) is 19.4 Å². The Hall–Kier alpha value is -0.380. The zero-order valence-electron chi connectivity index (χ0n) is 6.53. The Bertz CT molecular complexity index is 156. The molecular formula is C8H15NO2. The average molecular weight is 157 g/mol. The summed E-state index contributed by atoms with van der Waals surface area (Å²) < 4.78 is 0. The maximum absolute atomic E-state index is 9.24. The summed E-state index contributed by atoms with van der Waals surface area (Å²) in [7, 11) is 0. The highest BCUT2D eigenvalue weighted by atomic mass is 16.3. The van der Waals surface area contributed by atoms with Crippen LogP contribution in [0.25, 0.3) is 0 Å². The van der Waals surface area contributed by atoms with Crippen molar-refractivity contribution < 1.29 is 10.2 Å².